The maximum absolute atomic E-state index is 11.7. The van der Waals surface area contributed by atoms with Crippen molar-refractivity contribution in [2.75, 3.05) is 26.9 Å². The van der Waals surface area contributed by atoms with Gasteiger partial charge in [0.15, 0.2) is 0 Å². The number of hydrogen-bond donors (Lipinski definition) is 2. The molecule has 3 aromatic rings. The minimum Gasteiger partial charge on any atom is -0.492 e. The first kappa shape index (κ1) is 28.0. The topological polar surface area (TPSA) is 104 Å². The van der Waals surface area contributed by atoms with Crippen LogP contribution in [0.15, 0.2) is 54.6 Å². The Bertz CT molecular complexity index is 1330. The number of benzene rings is 3. The number of aryl methyl sites for hydroxylation is 2. The predicted molar refractivity (Wildman–Crippen MR) is 149 cm³/mol. The predicted octanol–water partition coefficient (Wildman–Crippen LogP) is 4.48. The number of aliphatic hydroxyl groups excluding tert-OH is 2. The molecule has 1 unspecified atom stereocenters. The molecule has 8 nitrogen and oxygen atoms in total. The molecule has 0 spiro atoms. The van der Waals surface area contributed by atoms with Crippen molar-refractivity contribution in [2.24, 2.45) is 0 Å². The summed E-state index contributed by atoms with van der Waals surface area (Å²) in [5.74, 6) is 1.96. The molecular weight excluding hydrogens is 512 g/mol. The van der Waals surface area contributed by atoms with Crippen LogP contribution in [-0.2, 0) is 20.9 Å². The molecule has 3 aromatic carbocycles. The summed E-state index contributed by atoms with van der Waals surface area (Å²) in [6.45, 7) is 5.42. The van der Waals surface area contributed by atoms with Crippen molar-refractivity contribution in [3.05, 3.63) is 76.9 Å². The fourth-order valence-corrected chi connectivity index (χ4v) is 5.39. The first-order valence-electron chi connectivity index (χ1n) is 13.6. The van der Waals surface area contributed by atoms with Gasteiger partial charge in [-0.3, -0.25) is 4.79 Å². The van der Waals surface area contributed by atoms with Crippen LogP contribution in [-0.4, -0.2) is 61.4 Å². The van der Waals surface area contributed by atoms with Crippen LogP contribution >= 0.6 is 0 Å². The van der Waals surface area contributed by atoms with Crippen LogP contribution in [0.3, 0.4) is 0 Å². The van der Waals surface area contributed by atoms with Crippen molar-refractivity contribution in [3.63, 3.8) is 0 Å². The molecule has 0 bridgehead atoms. The third-order valence-corrected chi connectivity index (χ3v) is 7.52. The molecule has 8 heteroatoms. The molecule has 212 valence electrons. The van der Waals surface area contributed by atoms with E-state index in [9.17, 15) is 15.0 Å². The van der Waals surface area contributed by atoms with E-state index in [1.54, 1.807) is 0 Å². The zero-order valence-corrected chi connectivity index (χ0v) is 23.1. The van der Waals surface area contributed by atoms with Crippen LogP contribution in [0.25, 0.3) is 11.1 Å². The molecule has 1 saturated heterocycles. The van der Waals surface area contributed by atoms with Crippen molar-refractivity contribution in [3.8, 4) is 28.4 Å². The Morgan fingerprint density at radius 3 is 2.50 bits per heavy atom. The quantitative estimate of drug-likeness (QED) is 0.378. The minimum absolute atomic E-state index is 0.000961. The van der Waals surface area contributed by atoms with Gasteiger partial charge < -0.3 is 33.9 Å². The fraction of sp³-hybridized carbons (Fsp3) is 0.406. The van der Waals surface area contributed by atoms with Crippen molar-refractivity contribution in [1.82, 2.24) is 0 Å². The lowest BCUT2D eigenvalue weighted by molar-refractivity contribution is -0.141. The summed E-state index contributed by atoms with van der Waals surface area (Å²) in [6.07, 6.45) is -1.23. The molecule has 2 N–H and O–H groups in total. The van der Waals surface area contributed by atoms with Crippen LogP contribution in [0.2, 0.25) is 0 Å². The molecule has 2 aliphatic heterocycles. The number of carbonyl (C=O) groups excluding carboxylic acids is 1. The van der Waals surface area contributed by atoms with E-state index in [4.69, 9.17) is 23.7 Å². The lowest BCUT2D eigenvalue weighted by atomic mass is 9.94. The van der Waals surface area contributed by atoms with Crippen LogP contribution in [0.1, 0.15) is 41.0 Å². The number of aliphatic hydroxyl groups is 2. The number of carbonyl (C=O) groups is 1. The monoisotopic (exact) mass is 548 g/mol. The van der Waals surface area contributed by atoms with Gasteiger partial charge in [-0.05, 0) is 65.9 Å². The van der Waals surface area contributed by atoms with E-state index in [0.717, 1.165) is 44.9 Å². The fourth-order valence-electron chi connectivity index (χ4n) is 5.39. The summed E-state index contributed by atoms with van der Waals surface area (Å²) in [5, 5.41) is 19.5. The third kappa shape index (κ3) is 6.41. The van der Waals surface area contributed by atoms with Crippen molar-refractivity contribution < 1.29 is 38.7 Å². The standard InChI is InChI=1S/C32H36O8/c1-19-9-25(38-17-26-13-28(33)29(34)18-39-26)10-20(2)32(19)22-6-4-5-21(11-22)15-37-24-7-8-27-23(12-31(35)36-3)16-40-30(27)14-24/h4-11,14,23,26,28-29,33-34H,12-13,15-18H2,1-3H3/t23?,26-,28+,29+/m0/s1. The highest BCUT2D eigenvalue weighted by molar-refractivity contribution is 5.72. The highest BCUT2D eigenvalue weighted by Crippen LogP contribution is 2.39. The largest absolute Gasteiger partial charge is 0.492 e. The Hall–Kier alpha value is -3.59. The number of ether oxygens (including phenoxy) is 5. The Balaban J connectivity index is 1.22. The molecule has 0 amide bonds. The van der Waals surface area contributed by atoms with Gasteiger partial charge in [0.1, 0.15) is 36.6 Å². The molecule has 0 aliphatic carbocycles. The second-order valence-corrected chi connectivity index (χ2v) is 10.5. The Morgan fingerprint density at radius 2 is 1.75 bits per heavy atom. The summed E-state index contributed by atoms with van der Waals surface area (Å²) >= 11 is 0. The second-order valence-electron chi connectivity index (χ2n) is 10.5. The average molecular weight is 549 g/mol. The van der Waals surface area contributed by atoms with E-state index >= 15 is 0 Å². The van der Waals surface area contributed by atoms with Crippen LogP contribution in [0, 0.1) is 13.8 Å². The first-order chi connectivity index (χ1) is 19.3. The van der Waals surface area contributed by atoms with Gasteiger partial charge in [0.2, 0.25) is 0 Å². The van der Waals surface area contributed by atoms with Gasteiger partial charge in [-0.15, -0.1) is 0 Å². The Kier molecular flexibility index (Phi) is 8.59. The maximum atomic E-state index is 11.7. The zero-order valence-electron chi connectivity index (χ0n) is 23.1. The van der Waals surface area contributed by atoms with Gasteiger partial charge >= 0.3 is 5.97 Å². The molecule has 4 atom stereocenters. The van der Waals surface area contributed by atoms with Crippen molar-refractivity contribution in [1.29, 1.82) is 0 Å². The van der Waals surface area contributed by atoms with E-state index in [0.29, 0.717) is 38.4 Å². The number of methoxy groups -OCH3 is 1. The summed E-state index contributed by atoms with van der Waals surface area (Å²) in [6, 6.07) is 18.1. The van der Waals surface area contributed by atoms with Crippen LogP contribution < -0.4 is 14.2 Å². The molecule has 2 aliphatic rings. The van der Waals surface area contributed by atoms with Gasteiger partial charge in [0.25, 0.3) is 0 Å². The second kappa shape index (κ2) is 12.3. The van der Waals surface area contributed by atoms with E-state index in [1.165, 1.54) is 7.11 Å². The highest BCUT2D eigenvalue weighted by atomic mass is 16.5. The average Bonchev–Trinajstić information content (AvgIpc) is 3.34. The summed E-state index contributed by atoms with van der Waals surface area (Å²) in [4.78, 5) is 11.7. The zero-order chi connectivity index (χ0) is 28.2. The van der Waals surface area contributed by atoms with Crippen LogP contribution in [0.5, 0.6) is 17.2 Å². The smallest absolute Gasteiger partial charge is 0.306 e. The summed E-state index contributed by atoms with van der Waals surface area (Å²) in [7, 11) is 1.40. The number of rotatable bonds is 9. The normalized spacial score (nSPS) is 21.8. The lowest BCUT2D eigenvalue weighted by Crippen LogP contribution is -2.43. The molecule has 2 heterocycles. The van der Waals surface area contributed by atoms with Crippen molar-refractivity contribution in [2.45, 2.75) is 57.5 Å². The number of fused-ring (bicyclic) bond motifs is 1. The van der Waals surface area contributed by atoms with Crippen molar-refractivity contribution >= 4 is 5.97 Å². The molecule has 0 aromatic heterocycles. The number of esters is 1. The molecule has 40 heavy (non-hydrogen) atoms. The summed E-state index contributed by atoms with van der Waals surface area (Å²) in [5.41, 5.74) is 6.45. The molecule has 1 fully saturated rings. The molecular formula is C32H36O8. The van der Waals surface area contributed by atoms with E-state index in [1.807, 2.05) is 42.5 Å². The molecule has 0 saturated carbocycles. The third-order valence-electron chi connectivity index (χ3n) is 7.52. The maximum Gasteiger partial charge on any atom is 0.306 e. The van der Waals surface area contributed by atoms with Gasteiger partial charge in [0, 0.05) is 24.0 Å². The lowest BCUT2D eigenvalue weighted by Gasteiger charge is -2.30. The minimum atomic E-state index is -0.837. The Morgan fingerprint density at radius 1 is 0.950 bits per heavy atom. The first-order valence-corrected chi connectivity index (χ1v) is 13.6. The van der Waals surface area contributed by atoms with Crippen LogP contribution in [0.4, 0.5) is 0 Å². The van der Waals surface area contributed by atoms with Gasteiger partial charge in [-0.1, -0.05) is 24.3 Å². The van der Waals surface area contributed by atoms with E-state index in [2.05, 4.69) is 26.0 Å². The Labute approximate surface area is 234 Å². The van der Waals surface area contributed by atoms with E-state index in [-0.39, 0.29) is 24.6 Å². The van der Waals surface area contributed by atoms with Gasteiger partial charge in [-0.25, -0.2) is 0 Å². The van der Waals surface area contributed by atoms with E-state index < -0.39 is 12.2 Å². The summed E-state index contributed by atoms with van der Waals surface area (Å²) < 4.78 is 28.2. The number of hydrogen-bond acceptors (Lipinski definition) is 8. The molecule has 0 radical (unpaired) electrons. The molecule has 5 rings (SSSR count). The van der Waals surface area contributed by atoms with Gasteiger partial charge in [0.05, 0.1) is 39.0 Å². The SMILES string of the molecule is COC(=O)CC1COc2cc(OCc3cccc(-c4c(C)cc(OC[C@@H]5C[C@@H](O)[C@H](O)CO5)cc4C)c3)ccc21. The highest BCUT2D eigenvalue weighted by Gasteiger charge is 2.29. The van der Waals surface area contributed by atoms with Gasteiger partial charge in [-0.2, -0.15) is 0 Å².